The van der Waals surface area contributed by atoms with Crippen molar-refractivity contribution >= 4 is 53.5 Å². The second-order valence-corrected chi connectivity index (χ2v) is 6.71. The number of nitrogens with zero attached hydrogens (tertiary/aromatic N) is 2. The minimum absolute atomic E-state index is 0. The Morgan fingerprint density at radius 2 is 2.10 bits per heavy atom. The molecule has 7 heteroatoms. The Morgan fingerprint density at radius 1 is 1.38 bits per heavy atom. The Balaban J connectivity index is 0.00000220. The van der Waals surface area contributed by atoms with E-state index in [0.717, 1.165) is 41.5 Å². The molecular weight excluding hydrogens is 420 g/mol. The smallest absolute Gasteiger partial charge is 0.191 e. The Kier molecular flexibility index (Phi) is 8.80. The third-order valence-corrected chi connectivity index (χ3v) is 4.76. The first-order chi connectivity index (χ1) is 9.70. The summed E-state index contributed by atoms with van der Waals surface area (Å²) in [7, 11) is 0. The summed E-state index contributed by atoms with van der Waals surface area (Å²) in [6.07, 6.45) is 2.01. The van der Waals surface area contributed by atoms with Gasteiger partial charge in [-0.05, 0) is 29.5 Å². The van der Waals surface area contributed by atoms with Crippen molar-refractivity contribution in [3.8, 4) is 0 Å². The lowest BCUT2D eigenvalue weighted by atomic mass is 10.1. The quantitative estimate of drug-likeness (QED) is 0.443. The SMILES string of the molecule is CSCc1cc(F)ccc1CN=C(N)N1CCSCC1.I. The molecule has 118 valence electrons. The molecule has 0 radical (unpaired) electrons. The predicted octanol–water partition coefficient (Wildman–Crippen LogP) is 3.17. The van der Waals surface area contributed by atoms with Gasteiger partial charge in [0.25, 0.3) is 0 Å². The molecule has 21 heavy (non-hydrogen) atoms. The molecule has 0 aromatic heterocycles. The van der Waals surface area contributed by atoms with Crippen molar-refractivity contribution in [3.63, 3.8) is 0 Å². The molecule has 1 fully saturated rings. The van der Waals surface area contributed by atoms with E-state index in [-0.39, 0.29) is 29.8 Å². The van der Waals surface area contributed by atoms with E-state index in [0.29, 0.717) is 12.5 Å². The van der Waals surface area contributed by atoms with E-state index < -0.39 is 0 Å². The minimum atomic E-state index is -0.192. The maximum absolute atomic E-state index is 13.3. The molecule has 0 atom stereocenters. The summed E-state index contributed by atoms with van der Waals surface area (Å²) in [4.78, 5) is 6.59. The summed E-state index contributed by atoms with van der Waals surface area (Å²) in [6.45, 7) is 2.44. The van der Waals surface area contributed by atoms with Gasteiger partial charge in [-0.1, -0.05) is 6.07 Å². The Labute approximate surface area is 151 Å². The molecule has 0 amide bonds. The van der Waals surface area contributed by atoms with Crippen LogP contribution in [0.25, 0.3) is 0 Å². The highest BCUT2D eigenvalue weighted by Crippen LogP contribution is 2.18. The van der Waals surface area contributed by atoms with Crippen molar-refractivity contribution in [2.24, 2.45) is 10.7 Å². The van der Waals surface area contributed by atoms with E-state index >= 15 is 0 Å². The zero-order valence-electron chi connectivity index (χ0n) is 12.0. The normalized spacial score (nSPS) is 15.7. The maximum Gasteiger partial charge on any atom is 0.191 e. The lowest BCUT2D eigenvalue weighted by Gasteiger charge is -2.27. The number of guanidine groups is 1. The molecule has 0 unspecified atom stereocenters. The molecule has 0 aliphatic carbocycles. The minimum Gasteiger partial charge on any atom is -0.370 e. The average molecular weight is 441 g/mol. The molecule has 1 saturated heterocycles. The molecule has 2 N–H and O–H groups in total. The van der Waals surface area contributed by atoms with Crippen LogP contribution < -0.4 is 5.73 Å². The van der Waals surface area contributed by atoms with E-state index in [4.69, 9.17) is 5.73 Å². The summed E-state index contributed by atoms with van der Waals surface area (Å²) < 4.78 is 13.3. The average Bonchev–Trinajstić information content (AvgIpc) is 2.47. The third-order valence-electron chi connectivity index (χ3n) is 3.21. The molecule has 0 bridgehead atoms. The van der Waals surface area contributed by atoms with Gasteiger partial charge in [0.1, 0.15) is 5.82 Å². The van der Waals surface area contributed by atoms with Crippen molar-refractivity contribution in [1.82, 2.24) is 4.90 Å². The molecule has 0 saturated carbocycles. The van der Waals surface area contributed by atoms with Crippen LogP contribution in [0.5, 0.6) is 0 Å². The first-order valence-electron chi connectivity index (χ1n) is 6.59. The number of nitrogens with two attached hydrogens (primary N) is 1. The summed E-state index contributed by atoms with van der Waals surface area (Å²) in [5.74, 6) is 3.41. The third kappa shape index (κ3) is 5.86. The molecule has 1 aromatic rings. The van der Waals surface area contributed by atoms with Gasteiger partial charge in [0.15, 0.2) is 5.96 Å². The van der Waals surface area contributed by atoms with Crippen molar-refractivity contribution < 1.29 is 4.39 Å². The maximum atomic E-state index is 13.3. The second-order valence-electron chi connectivity index (χ2n) is 4.62. The highest BCUT2D eigenvalue weighted by molar-refractivity contribution is 14.0. The van der Waals surface area contributed by atoms with E-state index in [9.17, 15) is 4.39 Å². The fourth-order valence-corrected chi connectivity index (χ4v) is 3.58. The molecule has 0 spiro atoms. The molecule has 2 rings (SSSR count). The number of hydrogen-bond donors (Lipinski definition) is 1. The topological polar surface area (TPSA) is 41.6 Å². The van der Waals surface area contributed by atoms with Gasteiger partial charge in [-0.15, -0.1) is 24.0 Å². The molecule has 3 nitrogen and oxygen atoms in total. The standard InChI is InChI=1S/C14H20FN3S2.HI/c1-19-10-12-8-13(15)3-2-11(12)9-17-14(16)18-4-6-20-7-5-18;/h2-3,8H,4-7,9-10H2,1H3,(H2,16,17);1H. The predicted molar refractivity (Wildman–Crippen MR) is 103 cm³/mol. The van der Waals surface area contributed by atoms with Crippen LogP contribution in [-0.2, 0) is 12.3 Å². The van der Waals surface area contributed by atoms with Crippen molar-refractivity contribution in [3.05, 3.63) is 35.1 Å². The highest BCUT2D eigenvalue weighted by Gasteiger charge is 2.12. The lowest BCUT2D eigenvalue weighted by molar-refractivity contribution is 0.455. The molecular formula is C14H21FIN3S2. The highest BCUT2D eigenvalue weighted by atomic mass is 127. The van der Waals surface area contributed by atoms with E-state index in [1.165, 1.54) is 6.07 Å². The first kappa shape index (κ1) is 18.9. The van der Waals surface area contributed by atoms with Crippen molar-refractivity contribution in [2.45, 2.75) is 12.3 Å². The van der Waals surface area contributed by atoms with E-state index in [2.05, 4.69) is 9.89 Å². The molecule has 1 aromatic carbocycles. The van der Waals surface area contributed by atoms with Gasteiger partial charge in [-0.2, -0.15) is 23.5 Å². The van der Waals surface area contributed by atoms with Crippen LogP contribution >= 0.6 is 47.5 Å². The fraction of sp³-hybridized carbons (Fsp3) is 0.500. The van der Waals surface area contributed by atoms with Crippen LogP contribution in [0.3, 0.4) is 0 Å². The van der Waals surface area contributed by atoms with Crippen LogP contribution in [0.15, 0.2) is 23.2 Å². The Hall–Kier alpha value is -0.150. The van der Waals surface area contributed by atoms with Crippen LogP contribution in [-0.4, -0.2) is 41.7 Å². The first-order valence-corrected chi connectivity index (χ1v) is 9.14. The molecule has 1 heterocycles. The van der Waals surface area contributed by atoms with Crippen molar-refractivity contribution in [1.29, 1.82) is 0 Å². The van der Waals surface area contributed by atoms with Gasteiger partial charge < -0.3 is 10.6 Å². The number of rotatable bonds is 4. The van der Waals surface area contributed by atoms with Gasteiger partial charge in [0, 0.05) is 30.3 Å². The van der Waals surface area contributed by atoms with Crippen LogP contribution in [0.2, 0.25) is 0 Å². The van der Waals surface area contributed by atoms with Gasteiger partial charge >= 0.3 is 0 Å². The van der Waals surface area contributed by atoms with Gasteiger partial charge in [0.2, 0.25) is 0 Å². The Bertz CT molecular complexity index is 479. The largest absolute Gasteiger partial charge is 0.370 e. The zero-order chi connectivity index (χ0) is 14.4. The van der Waals surface area contributed by atoms with Gasteiger partial charge in [0.05, 0.1) is 6.54 Å². The van der Waals surface area contributed by atoms with Gasteiger partial charge in [-0.25, -0.2) is 9.38 Å². The number of aliphatic imine (C=N–C) groups is 1. The zero-order valence-corrected chi connectivity index (χ0v) is 16.0. The second kappa shape index (κ2) is 9.78. The van der Waals surface area contributed by atoms with Crippen LogP contribution in [0.1, 0.15) is 11.1 Å². The van der Waals surface area contributed by atoms with E-state index in [1.54, 1.807) is 17.8 Å². The number of halogens is 2. The lowest BCUT2D eigenvalue weighted by Crippen LogP contribution is -2.42. The summed E-state index contributed by atoms with van der Waals surface area (Å²) >= 11 is 3.62. The number of hydrogen-bond acceptors (Lipinski definition) is 3. The number of thioether (sulfide) groups is 2. The molecule has 1 aliphatic rings. The summed E-state index contributed by atoms with van der Waals surface area (Å²) in [5.41, 5.74) is 8.09. The van der Waals surface area contributed by atoms with Gasteiger partial charge in [-0.3, -0.25) is 0 Å². The van der Waals surface area contributed by atoms with E-state index in [1.807, 2.05) is 24.1 Å². The monoisotopic (exact) mass is 441 g/mol. The van der Waals surface area contributed by atoms with Crippen LogP contribution in [0, 0.1) is 5.82 Å². The molecule has 1 aliphatic heterocycles. The summed E-state index contributed by atoms with van der Waals surface area (Å²) in [6, 6.07) is 4.89. The Morgan fingerprint density at radius 3 is 2.76 bits per heavy atom. The van der Waals surface area contributed by atoms with Crippen LogP contribution in [0.4, 0.5) is 4.39 Å². The fourth-order valence-electron chi connectivity index (χ4n) is 2.10. The number of benzene rings is 1. The summed E-state index contributed by atoms with van der Waals surface area (Å²) in [5, 5.41) is 0. The van der Waals surface area contributed by atoms with Crippen molar-refractivity contribution in [2.75, 3.05) is 30.9 Å².